The number of carbonyl (C=O) groups excluding carboxylic acids is 1. The van der Waals surface area contributed by atoms with Gasteiger partial charge in [0, 0.05) is 17.2 Å². The average Bonchev–Trinajstić information content (AvgIpc) is 2.25. The van der Waals surface area contributed by atoms with Gasteiger partial charge in [-0.2, -0.15) is 13.2 Å². The van der Waals surface area contributed by atoms with E-state index in [2.05, 4.69) is 0 Å². The van der Waals surface area contributed by atoms with Crippen molar-refractivity contribution in [3.63, 3.8) is 0 Å². The lowest BCUT2D eigenvalue weighted by atomic mass is 10.2. The summed E-state index contributed by atoms with van der Waals surface area (Å²) in [6, 6.07) is 3.10. The molecule has 20 heavy (non-hydrogen) atoms. The summed E-state index contributed by atoms with van der Waals surface area (Å²) < 4.78 is 58.0. The minimum Gasteiger partial charge on any atom is -0.352 e. The van der Waals surface area contributed by atoms with Gasteiger partial charge in [0.15, 0.2) is 0 Å². The van der Waals surface area contributed by atoms with Crippen molar-refractivity contribution >= 4 is 37.2 Å². The van der Waals surface area contributed by atoms with Crippen molar-refractivity contribution < 1.29 is 26.4 Å². The Morgan fingerprint density at radius 3 is 2.40 bits per heavy atom. The molecule has 1 rings (SSSR count). The Balaban J connectivity index is 2.88. The van der Waals surface area contributed by atoms with E-state index in [1.165, 1.54) is 0 Å². The van der Waals surface area contributed by atoms with Crippen LogP contribution in [0.3, 0.4) is 0 Å². The quantitative estimate of drug-likeness (QED) is 0.850. The van der Waals surface area contributed by atoms with Gasteiger partial charge in [0.1, 0.15) is 0 Å². The molecule has 4 nitrogen and oxygen atoms in total. The molecule has 0 saturated heterocycles. The van der Waals surface area contributed by atoms with Gasteiger partial charge in [-0.05, 0) is 18.2 Å². The molecule has 10 heteroatoms. The molecule has 0 heterocycles. The molecule has 0 radical (unpaired) electrons. The van der Waals surface area contributed by atoms with Gasteiger partial charge < -0.3 is 5.32 Å². The third-order valence-electron chi connectivity index (χ3n) is 2.16. The summed E-state index contributed by atoms with van der Waals surface area (Å²) in [5.41, 5.74) is -0.268. The highest BCUT2D eigenvalue weighted by molar-refractivity contribution is 8.13. The standard InChI is InChI=1S/C10H8Cl2F3NO3S/c11-8-2-1-6(20(12,18)19)5-7(8)9(17)16-4-3-10(13,14)15/h1-2,5H,3-4H2,(H,16,17). The molecule has 0 aliphatic heterocycles. The first kappa shape index (κ1) is 17.1. The zero-order chi connectivity index (χ0) is 15.6. The molecule has 1 aromatic rings. The van der Waals surface area contributed by atoms with Crippen molar-refractivity contribution in [3.8, 4) is 0 Å². The minimum atomic E-state index is -4.40. The summed E-state index contributed by atoms with van der Waals surface area (Å²) in [6.07, 6.45) is -5.61. The molecule has 0 saturated carbocycles. The van der Waals surface area contributed by atoms with Crippen LogP contribution in [0.2, 0.25) is 5.02 Å². The molecule has 0 aromatic heterocycles. The fourth-order valence-corrected chi connectivity index (χ4v) is 2.22. The Morgan fingerprint density at radius 2 is 1.90 bits per heavy atom. The molecular formula is C10H8Cl2F3NO3S. The zero-order valence-corrected chi connectivity index (χ0v) is 12.0. The van der Waals surface area contributed by atoms with Gasteiger partial charge in [0.25, 0.3) is 15.0 Å². The smallest absolute Gasteiger partial charge is 0.352 e. The van der Waals surface area contributed by atoms with Crippen LogP contribution in [-0.4, -0.2) is 27.0 Å². The van der Waals surface area contributed by atoms with Crippen LogP contribution < -0.4 is 5.32 Å². The van der Waals surface area contributed by atoms with Crippen molar-refractivity contribution in [1.82, 2.24) is 5.32 Å². The molecule has 0 aliphatic carbocycles. The first-order valence-corrected chi connectivity index (χ1v) is 7.78. The number of rotatable bonds is 4. The van der Waals surface area contributed by atoms with Crippen molar-refractivity contribution in [1.29, 1.82) is 0 Å². The number of carbonyl (C=O) groups is 1. The topological polar surface area (TPSA) is 63.2 Å². The van der Waals surface area contributed by atoms with Crippen LogP contribution in [0.1, 0.15) is 16.8 Å². The van der Waals surface area contributed by atoms with Crippen LogP contribution in [0.5, 0.6) is 0 Å². The van der Waals surface area contributed by atoms with Gasteiger partial charge >= 0.3 is 6.18 Å². The number of hydrogen-bond acceptors (Lipinski definition) is 3. The Labute approximate surface area is 122 Å². The molecule has 0 atom stereocenters. The van der Waals surface area contributed by atoms with E-state index in [9.17, 15) is 26.4 Å². The molecule has 1 N–H and O–H groups in total. The Bertz CT molecular complexity index is 617. The summed E-state index contributed by atoms with van der Waals surface area (Å²) in [5.74, 6) is -0.915. The van der Waals surface area contributed by atoms with E-state index < -0.39 is 34.1 Å². The van der Waals surface area contributed by atoms with E-state index in [4.69, 9.17) is 22.3 Å². The first-order valence-electron chi connectivity index (χ1n) is 5.10. The number of halogens is 5. The molecule has 0 fully saturated rings. The van der Waals surface area contributed by atoms with Gasteiger partial charge in [-0.25, -0.2) is 8.42 Å². The Hall–Kier alpha value is -0.990. The summed E-state index contributed by atoms with van der Waals surface area (Å²) in [4.78, 5) is 11.3. The Kier molecular flexibility index (Phi) is 5.28. The number of nitrogens with one attached hydrogen (secondary N) is 1. The van der Waals surface area contributed by atoms with Crippen molar-refractivity contribution in [2.24, 2.45) is 0 Å². The van der Waals surface area contributed by atoms with Gasteiger partial charge in [0.2, 0.25) is 0 Å². The van der Waals surface area contributed by atoms with Gasteiger partial charge in [-0.1, -0.05) is 11.6 Å². The van der Waals surface area contributed by atoms with Crippen LogP contribution in [0, 0.1) is 0 Å². The third-order valence-corrected chi connectivity index (χ3v) is 3.84. The average molecular weight is 350 g/mol. The van der Waals surface area contributed by atoms with E-state index >= 15 is 0 Å². The third kappa shape index (κ3) is 5.18. The molecule has 112 valence electrons. The van der Waals surface area contributed by atoms with Crippen LogP contribution in [0.25, 0.3) is 0 Å². The fraction of sp³-hybridized carbons (Fsp3) is 0.300. The molecule has 1 aromatic carbocycles. The molecule has 0 bridgehead atoms. The maximum absolute atomic E-state index is 11.9. The number of alkyl halides is 3. The maximum Gasteiger partial charge on any atom is 0.390 e. The van der Waals surface area contributed by atoms with Gasteiger partial charge in [-0.15, -0.1) is 0 Å². The predicted molar refractivity (Wildman–Crippen MR) is 67.5 cm³/mol. The van der Waals surface area contributed by atoms with Crippen LogP contribution in [-0.2, 0) is 9.05 Å². The van der Waals surface area contributed by atoms with Crippen LogP contribution in [0.15, 0.2) is 23.1 Å². The molecule has 0 aliphatic rings. The largest absolute Gasteiger partial charge is 0.390 e. The van der Waals surface area contributed by atoms with Crippen LogP contribution >= 0.6 is 22.3 Å². The monoisotopic (exact) mass is 349 g/mol. The second kappa shape index (κ2) is 6.19. The summed E-state index contributed by atoms with van der Waals surface area (Å²) in [7, 11) is 1.03. The number of amides is 1. The molecule has 0 unspecified atom stereocenters. The fourth-order valence-electron chi connectivity index (χ4n) is 1.24. The SMILES string of the molecule is O=C(NCCC(F)(F)F)c1cc(S(=O)(=O)Cl)ccc1Cl. The van der Waals surface area contributed by atoms with Crippen molar-refractivity contribution in [3.05, 3.63) is 28.8 Å². The highest BCUT2D eigenvalue weighted by Crippen LogP contribution is 2.23. The zero-order valence-electron chi connectivity index (χ0n) is 9.67. The van der Waals surface area contributed by atoms with E-state index in [-0.39, 0.29) is 15.5 Å². The number of benzene rings is 1. The second-order valence-corrected chi connectivity index (χ2v) is 6.67. The summed E-state index contributed by atoms with van der Waals surface area (Å²) in [6.45, 7) is -0.642. The van der Waals surface area contributed by atoms with Crippen molar-refractivity contribution in [2.75, 3.05) is 6.54 Å². The highest BCUT2D eigenvalue weighted by Gasteiger charge is 2.27. The van der Waals surface area contributed by atoms with Gasteiger partial charge in [-0.3, -0.25) is 4.79 Å². The van der Waals surface area contributed by atoms with Crippen LogP contribution in [0.4, 0.5) is 13.2 Å². The van der Waals surface area contributed by atoms with E-state index in [1.807, 2.05) is 5.32 Å². The van der Waals surface area contributed by atoms with E-state index in [0.29, 0.717) is 0 Å². The lowest BCUT2D eigenvalue weighted by molar-refractivity contribution is -0.132. The maximum atomic E-state index is 11.9. The normalized spacial score (nSPS) is 12.2. The molecular weight excluding hydrogens is 342 g/mol. The summed E-state index contributed by atoms with van der Waals surface area (Å²) >= 11 is 5.69. The first-order chi connectivity index (χ1) is 9.00. The lowest BCUT2D eigenvalue weighted by Gasteiger charge is -2.09. The minimum absolute atomic E-state index is 0.0985. The Morgan fingerprint density at radius 1 is 1.30 bits per heavy atom. The lowest BCUT2D eigenvalue weighted by Crippen LogP contribution is -2.28. The highest BCUT2D eigenvalue weighted by atomic mass is 35.7. The molecule has 1 amide bonds. The number of hydrogen-bond donors (Lipinski definition) is 1. The van der Waals surface area contributed by atoms with E-state index in [1.54, 1.807) is 0 Å². The van der Waals surface area contributed by atoms with E-state index in [0.717, 1.165) is 18.2 Å². The predicted octanol–water partition coefficient (Wildman–Crippen LogP) is 2.95. The van der Waals surface area contributed by atoms with Gasteiger partial charge in [0.05, 0.1) is 21.9 Å². The van der Waals surface area contributed by atoms with Crippen molar-refractivity contribution in [2.45, 2.75) is 17.5 Å². The molecule has 0 spiro atoms. The summed E-state index contributed by atoms with van der Waals surface area (Å²) in [5, 5.41) is 1.90. The second-order valence-electron chi connectivity index (χ2n) is 3.70.